The summed E-state index contributed by atoms with van der Waals surface area (Å²) in [5.41, 5.74) is 3.14. The highest BCUT2D eigenvalue weighted by Crippen LogP contribution is 2.54. The molecule has 2 atom stereocenters. The van der Waals surface area contributed by atoms with Crippen molar-refractivity contribution in [3.8, 4) is 11.5 Å². The predicted octanol–water partition coefficient (Wildman–Crippen LogP) is 5.45. The van der Waals surface area contributed by atoms with Crippen LogP contribution in [0.3, 0.4) is 0 Å². The van der Waals surface area contributed by atoms with E-state index >= 15 is 0 Å². The van der Waals surface area contributed by atoms with E-state index in [-0.39, 0.29) is 16.9 Å². The SMILES string of the molecule is CCCCOCC(C)(C)c1cc(OC)c2c(c1)OC(C)(C)[C@@H]1Cc3cnoc3C[C@@H]21. The summed E-state index contributed by atoms with van der Waals surface area (Å²) >= 11 is 0. The monoisotopic (exact) mass is 413 g/mol. The van der Waals surface area contributed by atoms with Crippen molar-refractivity contribution in [3.05, 3.63) is 40.8 Å². The van der Waals surface area contributed by atoms with E-state index < -0.39 is 0 Å². The highest BCUT2D eigenvalue weighted by Gasteiger charge is 2.48. The standard InChI is InChI=1S/C25H35NO4/c1-7-8-9-28-15-24(2,3)17-11-21(27-6)23-18-13-20-16(14-26-30-20)10-19(18)25(4,5)29-22(23)12-17/h11-12,14,18-19H,7-10,13,15H2,1-6H3/t18-,19-/m1/s1. The first-order valence-electron chi connectivity index (χ1n) is 11.2. The molecule has 2 aliphatic rings. The van der Waals surface area contributed by atoms with Crippen molar-refractivity contribution in [3.63, 3.8) is 0 Å². The normalized spacial score (nSPS) is 21.9. The molecule has 5 heteroatoms. The van der Waals surface area contributed by atoms with E-state index in [1.807, 2.05) is 6.20 Å². The van der Waals surface area contributed by atoms with Crippen LogP contribution in [0.15, 0.2) is 22.9 Å². The van der Waals surface area contributed by atoms with Crippen LogP contribution >= 0.6 is 0 Å². The Labute approximate surface area is 180 Å². The zero-order chi connectivity index (χ0) is 21.5. The molecule has 1 aliphatic heterocycles. The lowest BCUT2D eigenvalue weighted by molar-refractivity contribution is 0.00367. The van der Waals surface area contributed by atoms with E-state index in [4.69, 9.17) is 18.7 Å². The van der Waals surface area contributed by atoms with Gasteiger partial charge in [-0.1, -0.05) is 32.3 Å². The molecule has 2 aromatic rings. The maximum Gasteiger partial charge on any atom is 0.140 e. The summed E-state index contributed by atoms with van der Waals surface area (Å²) in [4.78, 5) is 0. The van der Waals surface area contributed by atoms with E-state index in [2.05, 4.69) is 51.9 Å². The van der Waals surface area contributed by atoms with Gasteiger partial charge in [0.05, 0.1) is 19.9 Å². The summed E-state index contributed by atoms with van der Waals surface area (Å²) in [6, 6.07) is 4.38. The molecule has 0 unspecified atom stereocenters. The summed E-state index contributed by atoms with van der Waals surface area (Å²) in [7, 11) is 1.75. The summed E-state index contributed by atoms with van der Waals surface area (Å²) in [6.07, 6.45) is 5.84. The lowest BCUT2D eigenvalue weighted by atomic mass is 9.66. The van der Waals surface area contributed by atoms with Crippen LogP contribution in [0.4, 0.5) is 0 Å². The molecule has 30 heavy (non-hydrogen) atoms. The number of ether oxygens (including phenoxy) is 3. The van der Waals surface area contributed by atoms with Crippen LogP contribution in [-0.2, 0) is 23.0 Å². The maximum absolute atomic E-state index is 6.63. The molecule has 0 fully saturated rings. The van der Waals surface area contributed by atoms with E-state index in [0.717, 1.165) is 55.1 Å². The van der Waals surface area contributed by atoms with Crippen LogP contribution in [0.1, 0.15) is 75.8 Å². The Hall–Kier alpha value is -2.01. The number of unbranched alkanes of at least 4 members (excludes halogenated alkanes) is 1. The molecule has 1 aromatic heterocycles. The fourth-order valence-corrected chi connectivity index (χ4v) is 5.00. The average Bonchev–Trinajstić information content (AvgIpc) is 3.16. The van der Waals surface area contributed by atoms with E-state index in [0.29, 0.717) is 12.5 Å². The van der Waals surface area contributed by atoms with Crippen LogP contribution < -0.4 is 9.47 Å². The Kier molecular flexibility index (Phi) is 5.60. The molecule has 164 valence electrons. The Morgan fingerprint density at radius 3 is 2.77 bits per heavy atom. The number of nitrogens with zero attached hydrogens (tertiary/aromatic N) is 1. The summed E-state index contributed by atoms with van der Waals surface area (Å²) < 4.78 is 24.1. The molecule has 1 aromatic carbocycles. The Bertz CT molecular complexity index is 899. The second kappa shape index (κ2) is 7.92. The van der Waals surface area contributed by atoms with Crippen molar-refractivity contribution < 1.29 is 18.7 Å². The minimum atomic E-state index is -0.280. The Morgan fingerprint density at radius 2 is 2.03 bits per heavy atom. The number of hydrogen-bond donors (Lipinski definition) is 0. The van der Waals surface area contributed by atoms with E-state index in [1.165, 1.54) is 11.1 Å². The fourth-order valence-electron chi connectivity index (χ4n) is 5.00. The van der Waals surface area contributed by atoms with Crippen LogP contribution in [-0.4, -0.2) is 31.1 Å². The predicted molar refractivity (Wildman–Crippen MR) is 117 cm³/mol. The molecule has 5 nitrogen and oxygen atoms in total. The van der Waals surface area contributed by atoms with Crippen molar-refractivity contribution in [2.75, 3.05) is 20.3 Å². The highest BCUT2D eigenvalue weighted by atomic mass is 16.5. The van der Waals surface area contributed by atoms with Crippen LogP contribution in [0.5, 0.6) is 11.5 Å². The molecule has 0 saturated carbocycles. The third-order valence-corrected chi connectivity index (χ3v) is 6.91. The van der Waals surface area contributed by atoms with Crippen molar-refractivity contribution >= 4 is 0 Å². The Morgan fingerprint density at radius 1 is 1.23 bits per heavy atom. The first-order valence-corrected chi connectivity index (χ1v) is 11.2. The third kappa shape index (κ3) is 3.73. The number of benzene rings is 1. The van der Waals surface area contributed by atoms with Crippen molar-refractivity contribution in [1.82, 2.24) is 5.16 Å². The van der Waals surface area contributed by atoms with Gasteiger partial charge in [0.1, 0.15) is 22.9 Å². The second-order valence-electron chi connectivity index (χ2n) is 9.98. The number of methoxy groups -OCH3 is 1. The van der Waals surface area contributed by atoms with Gasteiger partial charge in [-0.25, -0.2) is 0 Å². The molecule has 1 aliphatic carbocycles. The first-order chi connectivity index (χ1) is 14.3. The molecule has 4 rings (SSSR count). The van der Waals surface area contributed by atoms with E-state index in [1.54, 1.807) is 7.11 Å². The van der Waals surface area contributed by atoms with Gasteiger partial charge in [0, 0.05) is 41.4 Å². The van der Waals surface area contributed by atoms with Crippen LogP contribution in [0.2, 0.25) is 0 Å². The molecule has 2 heterocycles. The van der Waals surface area contributed by atoms with Crippen molar-refractivity contribution in [2.24, 2.45) is 5.92 Å². The molecule has 0 N–H and O–H groups in total. The summed E-state index contributed by atoms with van der Waals surface area (Å²) in [5, 5.41) is 4.04. The molecule has 0 saturated heterocycles. The van der Waals surface area contributed by atoms with Gasteiger partial charge >= 0.3 is 0 Å². The number of hydrogen-bond acceptors (Lipinski definition) is 5. The minimum Gasteiger partial charge on any atom is -0.496 e. The summed E-state index contributed by atoms with van der Waals surface area (Å²) in [6.45, 7) is 12.5. The average molecular weight is 414 g/mol. The van der Waals surface area contributed by atoms with Crippen LogP contribution in [0.25, 0.3) is 0 Å². The van der Waals surface area contributed by atoms with Gasteiger partial charge in [-0.05, 0) is 44.4 Å². The molecule has 0 spiro atoms. The zero-order valence-corrected chi connectivity index (χ0v) is 19.2. The van der Waals surface area contributed by atoms with Gasteiger partial charge in [-0.15, -0.1) is 0 Å². The van der Waals surface area contributed by atoms with Gasteiger partial charge in [-0.2, -0.15) is 0 Å². The molecule has 0 bridgehead atoms. The smallest absolute Gasteiger partial charge is 0.140 e. The summed E-state index contributed by atoms with van der Waals surface area (Å²) in [5.74, 6) is 3.47. The number of fused-ring (bicyclic) bond motifs is 4. The van der Waals surface area contributed by atoms with Gasteiger partial charge in [0.2, 0.25) is 0 Å². The van der Waals surface area contributed by atoms with Crippen LogP contribution in [0, 0.1) is 5.92 Å². The van der Waals surface area contributed by atoms with Crippen molar-refractivity contribution in [2.45, 2.75) is 77.2 Å². The van der Waals surface area contributed by atoms with Crippen molar-refractivity contribution in [1.29, 1.82) is 0 Å². The van der Waals surface area contributed by atoms with E-state index in [9.17, 15) is 0 Å². The topological polar surface area (TPSA) is 53.7 Å². The van der Waals surface area contributed by atoms with Gasteiger partial charge in [-0.3, -0.25) is 0 Å². The second-order valence-corrected chi connectivity index (χ2v) is 9.98. The molecular formula is C25H35NO4. The quantitative estimate of drug-likeness (QED) is 0.565. The van der Waals surface area contributed by atoms with Gasteiger partial charge in [0.25, 0.3) is 0 Å². The molecule has 0 radical (unpaired) electrons. The lowest BCUT2D eigenvalue weighted by Crippen LogP contribution is -2.47. The zero-order valence-electron chi connectivity index (χ0n) is 19.2. The third-order valence-electron chi connectivity index (χ3n) is 6.91. The van der Waals surface area contributed by atoms with Gasteiger partial charge < -0.3 is 18.7 Å². The lowest BCUT2D eigenvalue weighted by Gasteiger charge is -2.47. The number of aromatic nitrogens is 1. The Balaban J connectivity index is 1.71. The number of rotatable bonds is 7. The molecule has 0 amide bonds. The van der Waals surface area contributed by atoms with Gasteiger partial charge in [0.15, 0.2) is 0 Å². The minimum absolute atomic E-state index is 0.134. The first kappa shape index (κ1) is 21.2. The highest BCUT2D eigenvalue weighted by molar-refractivity contribution is 5.55. The fraction of sp³-hybridized carbons (Fsp3) is 0.640. The molecular weight excluding hydrogens is 378 g/mol. The maximum atomic E-state index is 6.63. The largest absolute Gasteiger partial charge is 0.496 e.